The van der Waals surface area contributed by atoms with Gasteiger partial charge in [0.15, 0.2) is 0 Å². The van der Waals surface area contributed by atoms with Crippen molar-refractivity contribution >= 4 is 23.3 Å². The number of nitrogens with zero attached hydrogens (tertiary/aromatic N) is 5. The molecule has 1 saturated heterocycles. The van der Waals surface area contributed by atoms with E-state index in [2.05, 4.69) is 25.1 Å². The molecule has 4 rings (SSSR count). The van der Waals surface area contributed by atoms with Crippen molar-refractivity contribution in [1.29, 1.82) is 0 Å². The van der Waals surface area contributed by atoms with Gasteiger partial charge in [-0.15, -0.1) is 0 Å². The van der Waals surface area contributed by atoms with E-state index in [1.165, 1.54) is 0 Å². The number of rotatable bonds is 6. The van der Waals surface area contributed by atoms with Crippen LogP contribution in [0.5, 0.6) is 5.75 Å². The van der Waals surface area contributed by atoms with Crippen LogP contribution in [0.15, 0.2) is 60.9 Å². The average Bonchev–Trinajstić information content (AvgIpc) is 2.76. The highest BCUT2D eigenvalue weighted by Crippen LogP contribution is 2.28. The molecule has 0 radical (unpaired) electrons. The molecule has 7 nitrogen and oxygen atoms in total. The van der Waals surface area contributed by atoms with Crippen LogP contribution < -0.4 is 19.9 Å². The van der Waals surface area contributed by atoms with Crippen LogP contribution in [0.3, 0.4) is 0 Å². The molecule has 0 bridgehead atoms. The van der Waals surface area contributed by atoms with Gasteiger partial charge >= 0.3 is 0 Å². The highest BCUT2D eigenvalue weighted by Gasteiger charge is 2.20. The summed E-state index contributed by atoms with van der Waals surface area (Å²) in [6.07, 6.45) is 3.73. The number of hydrogen-bond donors (Lipinski definition) is 1. The average molecular weight is 390 g/mol. The number of anilines is 4. The first kappa shape index (κ1) is 19.0. The lowest BCUT2D eigenvalue weighted by atomic mass is 10.3. The van der Waals surface area contributed by atoms with Crippen molar-refractivity contribution in [2.75, 3.05) is 41.3 Å². The van der Waals surface area contributed by atoms with Crippen LogP contribution in [-0.2, 0) is 0 Å². The third-order valence-corrected chi connectivity index (χ3v) is 4.69. The fraction of sp³-hybridized carbons (Fsp3) is 0.318. The van der Waals surface area contributed by atoms with E-state index in [9.17, 15) is 0 Å². The van der Waals surface area contributed by atoms with Crippen LogP contribution in [-0.4, -0.2) is 47.2 Å². The van der Waals surface area contributed by atoms with Gasteiger partial charge in [0.2, 0.25) is 5.95 Å². The van der Waals surface area contributed by atoms with Gasteiger partial charge in [0, 0.05) is 38.6 Å². The Balaban J connectivity index is 1.44. The number of para-hydroxylation sites is 2. The Labute approximate surface area is 171 Å². The molecule has 0 saturated carbocycles. The first-order chi connectivity index (χ1) is 14.2. The van der Waals surface area contributed by atoms with E-state index in [-0.39, 0.29) is 6.10 Å². The molecule has 0 unspecified atom stereocenters. The van der Waals surface area contributed by atoms with Crippen molar-refractivity contribution in [2.24, 2.45) is 0 Å². The zero-order valence-corrected chi connectivity index (χ0v) is 16.8. The van der Waals surface area contributed by atoms with Crippen LogP contribution in [0.4, 0.5) is 23.3 Å². The molecule has 1 aromatic carbocycles. The van der Waals surface area contributed by atoms with Gasteiger partial charge < -0.3 is 19.9 Å². The molecule has 3 heterocycles. The molecule has 150 valence electrons. The van der Waals surface area contributed by atoms with Crippen molar-refractivity contribution in [1.82, 2.24) is 15.0 Å². The Kier molecular flexibility index (Phi) is 5.74. The van der Waals surface area contributed by atoms with E-state index in [1.54, 1.807) is 6.20 Å². The summed E-state index contributed by atoms with van der Waals surface area (Å²) in [5, 5.41) is 3.37. The van der Waals surface area contributed by atoms with E-state index in [0.29, 0.717) is 0 Å². The van der Waals surface area contributed by atoms with E-state index in [0.717, 1.165) is 55.2 Å². The lowest BCUT2D eigenvalue weighted by Crippen LogP contribution is -2.47. The van der Waals surface area contributed by atoms with Crippen LogP contribution in [0, 0.1) is 0 Å². The monoisotopic (exact) mass is 390 g/mol. The van der Waals surface area contributed by atoms with Gasteiger partial charge in [0.25, 0.3) is 0 Å². The maximum absolute atomic E-state index is 5.89. The normalized spacial score (nSPS) is 14.2. The second-order valence-corrected chi connectivity index (χ2v) is 7.19. The summed E-state index contributed by atoms with van der Waals surface area (Å²) in [7, 11) is 0. The standard InChI is InChI=1S/C22H26N6O/c1-17(2)29-19-8-4-3-7-18(19)25-20-10-12-24-22(26-20)28-15-13-27(14-16-28)21-9-5-6-11-23-21/h3-12,17H,13-16H2,1-2H3,(H,24,25,26). The zero-order chi connectivity index (χ0) is 20.1. The third-order valence-electron chi connectivity index (χ3n) is 4.69. The van der Waals surface area contributed by atoms with Crippen molar-refractivity contribution in [3.05, 3.63) is 60.9 Å². The number of ether oxygens (including phenoxy) is 1. The summed E-state index contributed by atoms with van der Waals surface area (Å²) in [5.41, 5.74) is 0.894. The van der Waals surface area contributed by atoms with Gasteiger partial charge in [0.1, 0.15) is 17.4 Å². The molecule has 0 aliphatic carbocycles. The Morgan fingerprint density at radius 3 is 2.38 bits per heavy atom. The van der Waals surface area contributed by atoms with Crippen molar-refractivity contribution in [2.45, 2.75) is 20.0 Å². The van der Waals surface area contributed by atoms with Gasteiger partial charge in [0.05, 0.1) is 11.8 Å². The maximum atomic E-state index is 5.89. The second-order valence-electron chi connectivity index (χ2n) is 7.19. The molecule has 0 amide bonds. The van der Waals surface area contributed by atoms with E-state index < -0.39 is 0 Å². The minimum atomic E-state index is 0.106. The summed E-state index contributed by atoms with van der Waals surface area (Å²) in [6, 6.07) is 15.8. The number of benzene rings is 1. The number of nitrogens with one attached hydrogen (secondary N) is 1. The zero-order valence-electron chi connectivity index (χ0n) is 16.8. The minimum Gasteiger partial charge on any atom is -0.489 e. The molecular weight excluding hydrogens is 364 g/mol. The molecule has 7 heteroatoms. The third kappa shape index (κ3) is 4.74. The van der Waals surface area contributed by atoms with Gasteiger partial charge in [-0.25, -0.2) is 9.97 Å². The Morgan fingerprint density at radius 2 is 1.62 bits per heavy atom. The first-order valence-electron chi connectivity index (χ1n) is 9.96. The largest absolute Gasteiger partial charge is 0.489 e. The van der Waals surface area contributed by atoms with Crippen LogP contribution in [0.1, 0.15) is 13.8 Å². The predicted molar refractivity (Wildman–Crippen MR) is 116 cm³/mol. The van der Waals surface area contributed by atoms with Gasteiger partial charge in [-0.05, 0) is 44.2 Å². The van der Waals surface area contributed by atoms with Crippen LogP contribution >= 0.6 is 0 Å². The van der Waals surface area contributed by atoms with Crippen molar-refractivity contribution in [3.63, 3.8) is 0 Å². The fourth-order valence-corrected chi connectivity index (χ4v) is 3.31. The summed E-state index contributed by atoms with van der Waals surface area (Å²) < 4.78 is 5.89. The van der Waals surface area contributed by atoms with E-state index in [1.807, 2.05) is 68.6 Å². The number of aromatic nitrogens is 3. The molecule has 3 aromatic rings. The quantitative estimate of drug-likeness (QED) is 0.688. The second kappa shape index (κ2) is 8.77. The Morgan fingerprint density at radius 1 is 0.862 bits per heavy atom. The molecule has 1 aliphatic rings. The molecule has 1 fully saturated rings. The van der Waals surface area contributed by atoms with Crippen LogP contribution in [0.25, 0.3) is 0 Å². The number of piperazine rings is 1. The fourth-order valence-electron chi connectivity index (χ4n) is 3.31. The van der Waals surface area contributed by atoms with Crippen LogP contribution in [0.2, 0.25) is 0 Å². The van der Waals surface area contributed by atoms with Gasteiger partial charge in [-0.1, -0.05) is 18.2 Å². The molecule has 1 N–H and O–H groups in total. The van der Waals surface area contributed by atoms with Crippen molar-refractivity contribution in [3.8, 4) is 5.75 Å². The number of hydrogen-bond acceptors (Lipinski definition) is 7. The molecule has 29 heavy (non-hydrogen) atoms. The summed E-state index contributed by atoms with van der Waals surface area (Å²) in [5.74, 6) is 3.32. The van der Waals surface area contributed by atoms with E-state index in [4.69, 9.17) is 9.72 Å². The summed E-state index contributed by atoms with van der Waals surface area (Å²) in [4.78, 5) is 18.1. The smallest absolute Gasteiger partial charge is 0.227 e. The van der Waals surface area contributed by atoms with E-state index >= 15 is 0 Å². The highest BCUT2D eigenvalue weighted by atomic mass is 16.5. The maximum Gasteiger partial charge on any atom is 0.227 e. The van der Waals surface area contributed by atoms with Crippen molar-refractivity contribution < 1.29 is 4.74 Å². The topological polar surface area (TPSA) is 66.4 Å². The molecule has 2 aromatic heterocycles. The number of pyridine rings is 1. The Bertz CT molecular complexity index is 925. The van der Waals surface area contributed by atoms with Gasteiger partial charge in [-0.2, -0.15) is 4.98 Å². The molecule has 0 spiro atoms. The highest BCUT2D eigenvalue weighted by molar-refractivity contribution is 5.64. The van der Waals surface area contributed by atoms with Gasteiger partial charge in [-0.3, -0.25) is 0 Å². The Hall–Kier alpha value is -3.35. The molecule has 0 atom stereocenters. The summed E-state index contributed by atoms with van der Waals surface area (Å²) >= 11 is 0. The minimum absolute atomic E-state index is 0.106. The lowest BCUT2D eigenvalue weighted by molar-refractivity contribution is 0.244. The predicted octanol–water partition coefficient (Wildman–Crippen LogP) is 3.73. The molecular formula is C22H26N6O. The SMILES string of the molecule is CC(C)Oc1ccccc1Nc1ccnc(N2CCN(c3ccccn3)CC2)n1. The lowest BCUT2D eigenvalue weighted by Gasteiger charge is -2.35. The first-order valence-corrected chi connectivity index (χ1v) is 9.96. The summed E-state index contributed by atoms with van der Waals surface area (Å²) in [6.45, 7) is 7.53. The molecule has 1 aliphatic heterocycles.